The number of anilines is 6. The van der Waals surface area contributed by atoms with E-state index in [0.717, 1.165) is 78.0 Å². The molecular formula is C73H44N2O2. The Bertz CT molecular complexity index is 4910. The molecule has 0 radical (unpaired) electrons. The normalized spacial score (nSPS) is 13.0. The molecular weight excluding hydrogens is 937 g/mol. The van der Waals surface area contributed by atoms with Crippen molar-refractivity contribution in [2.24, 2.45) is 0 Å². The van der Waals surface area contributed by atoms with Gasteiger partial charge in [-0.2, -0.15) is 0 Å². The van der Waals surface area contributed by atoms with Crippen LogP contribution < -0.4 is 9.80 Å². The van der Waals surface area contributed by atoms with Crippen LogP contribution in [0.2, 0.25) is 0 Å². The van der Waals surface area contributed by atoms with E-state index in [9.17, 15) is 0 Å². The predicted molar refractivity (Wildman–Crippen MR) is 319 cm³/mol. The lowest BCUT2D eigenvalue weighted by atomic mass is 9.68. The first-order valence-electron chi connectivity index (χ1n) is 26.5. The van der Waals surface area contributed by atoms with E-state index in [0.29, 0.717) is 0 Å². The molecule has 0 saturated carbocycles. The van der Waals surface area contributed by atoms with Crippen LogP contribution in [0, 0.1) is 0 Å². The Balaban J connectivity index is 0.917. The van der Waals surface area contributed by atoms with Gasteiger partial charge in [0, 0.05) is 67.8 Å². The van der Waals surface area contributed by atoms with Crippen molar-refractivity contribution in [2.75, 3.05) is 9.80 Å². The van der Waals surface area contributed by atoms with Crippen molar-refractivity contribution in [1.29, 1.82) is 0 Å². The first-order valence-corrected chi connectivity index (χ1v) is 26.5. The fourth-order valence-electron chi connectivity index (χ4n) is 13.7. The number of hydrogen-bond donors (Lipinski definition) is 0. The number of para-hydroxylation sites is 4. The van der Waals surface area contributed by atoms with Crippen LogP contribution in [-0.4, -0.2) is 0 Å². The van der Waals surface area contributed by atoms with Gasteiger partial charge in [-0.15, -0.1) is 0 Å². The van der Waals surface area contributed by atoms with E-state index >= 15 is 0 Å². The number of nitrogens with zero attached hydrogens (tertiary/aromatic N) is 2. The van der Waals surface area contributed by atoms with Crippen molar-refractivity contribution in [1.82, 2.24) is 0 Å². The molecule has 4 nitrogen and oxygen atoms in total. The lowest BCUT2D eigenvalue weighted by Gasteiger charge is -2.33. The van der Waals surface area contributed by atoms with Crippen LogP contribution in [0.1, 0.15) is 22.3 Å². The molecule has 17 rings (SSSR count). The fourth-order valence-corrected chi connectivity index (χ4v) is 13.7. The van der Waals surface area contributed by atoms with Crippen molar-refractivity contribution >= 4 is 110 Å². The van der Waals surface area contributed by atoms with Crippen molar-refractivity contribution < 1.29 is 8.83 Å². The molecule has 2 aromatic heterocycles. The summed E-state index contributed by atoms with van der Waals surface area (Å²) in [5.41, 5.74) is 19.6. The third-order valence-electron chi connectivity index (χ3n) is 16.8. The molecule has 0 bridgehead atoms. The topological polar surface area (TPSA) is 32.8 Å². The Kier molecular flexibility index (Phi) is 8.73. The van der Waals surface area contributed by atoms with E-state index in [1.165, 1.54) is 76.8 Å². The Morgan fingerprint density at radius 2 is 0.688 bits per heavy atom. The molecule has 2 heterocycles. The van der Waals surface area contributed by atoms with Crippen molar-refractivity contribution in [2.45, 2.75) is 5.41 Å². The second-order valence-electron chi connectivity index (χ2n) is 20.7. The monoisotopic (exact) mass is 980 g/mol. The van der Waals surface area contributed by atoms with Gasteiger partial charge in [0.15, 0.2) is 0 Å². The zero-order valence-corrected chi connectivity index (χ0v) is 41.6. The first kappa shape index (κ1) is 42.2. The molecule has 1 spiro atoms. The lowest BCUT2D eigenvalue weighted by molar-refractivity contribution is 0.668. The van der Waals surface area contributed by atoms with Gasteiger partial charge in [0.1, 0.15) is 22.3 Å². The smallest absolute Gasteiger partial charge is 0.137 e. The molecule has 0 unspecified atom stereocenters. The van der Waals surface area contributed by atoms with Gasteiger partial charge in [0.2, 0.25) is 0 Å². The molecule has 0 fully saturated rings. The Morgan fingerprint density at radius 1 is 0.247 bits per heavy atom. The highest BCUT2D eigenvalue weighted by atomic mass is 16.3. The van der Waals surface area contributed by atoms with Crippen LogP contribution in [-0.2, 0) is 5.41 Å². The molecule has 0 saturated heterocycles. The van der Waals surface area contributed by atoms with E-state index in [1.807, 2.05) is 24.3 Å². The molecule has 2 aliphatic carbocycles. The highest BCUT2D eigenvalue weighted by molar-refractivity contribution is 6.22. The van der Waals surface area contributed by atoms with Gasteiger partial charge in [-0.3, -0.25) is 0 Å². The lowest BCUT2D eigenvalue weighted by Crippen LogP contribution is -2.26. The zero-order chi connectivity index (χ0) is 50.3. The third kappa shape index (κ3) is 5.87. The van der Waals surface area contributed by atoms with Crippen molar-refractivity contribution in [3.05, 3.63) is 289 Å². The summed E-state index contributed by atoms with van der Waals surface area (Å²) in [7, 11) is 0. The number of hydrogen-bond acceptors (Lipinski definition) is 4. The Labute approximate surface area is 443 Å². The number of fused-ring (bicyclic) bond motifs is 23. The van der Waals surface area contributed by atoms with E-state index in [4.69, 9.17) is 8.83 Å². The minimum Gasteiger partial charge on any atom is -0.456 e. The van der Waals surface area contributed by atoms with Crippen molar-refractivity contribution in [3.63, 3.8) is 0 Å². The summed E-state index contributed by atoms with van der Waals surface area (Å²) in [6, 6.07) is 97.7. The van der Waals surface area contributed by atoms with Gasteiger partial charge in [-0.05, 0) is 162 Å². The predicted octanol–water partition coefficient (Wildman–Crippen LogP) is 20.2. The summed E-state index contributed by atoms with van der Waals surface area (Å²) >= 11 is 0. The average molecular weight is 981 g/mol. The van der Waals surface area contributed by atoms with Crippen molar-refractivity contribution in [3.8, 4) is 22.3 Å². The summed E-state index contributed by atoms with van der Waals surface area (Å²) < 4.78 is 13.0. The maximum Gasteiger partial charge on any atom is 0.137 e. The third-order valence-corrected chi connectivity index (χ3v) is 16.8. The summed E-state index contributed by atoms with van der Waals surface area (Å²) in [6.07, 6.45) is 0. The molecule has 0 atom stereocenters. The van der Waals surface area contributed by atoms with Gasteiger partial charge in [-0.1, -0.05) is 170 Å². The molecule has 4 heteroatoms. The van der Waals surface area contributed by atoms with E-state index in [2.05, 4.69) is 252 Å². The van der Waals surface area contributed by atoms with E-state index in [1.54, 1.807) is 0 Å². The summed E-state index contributed by atoms with van der Waals surface area (Å²) in [4.78, 5) is 4.73. The number of furan rings is 2. The van der Waals surface area contributed by atoms with E-state index in [-0.39, 0.29) is 0 Å². The van der Waals surface area contributed by atoms with Crippen LogP contribution in [0.15, 0.2) is 276 Å². The maximum absolute atomic E-state index is 6.52. The largest absolute Gasteiger partial charge is 0.456 e. The van der Waals surface area contributed by atoms with Crippen LogP contribution >= 0.6 is 0 Å². The standard InChI is InChI=1S/C73H44N2O2/c1-3-17-46(18-4-1)74(50-33-38-58-56-24-11-15-29-66(56)76-68(58)43-50)48-32-37-52-45(41-48)31-36-62-70-60-26-8-7-21-53(60)63-42-49(75(47-19-5-2-6-20-47)51-34-39-59-57-25-12-16-30-67(57)77-69(59)44-51)35-40-61(63)72(70)73(71(52)62)64-27-13-9-22-54(64)55-23-10-14-28-65(55)73/h1-44H. The maximum atomic E-state index is 6.52. The summed E-state index contributed by atoms with van der Waals surface area (Å²) in [5, 5.41) is 11.8. The minimum absolute atomic E-state index is 0.639. The SMILES string of the molecule is c1ccc(N(c2ccc3c4c(ccc3c2)-c2c(c3ccc(N(c5ccccc5)c5ccc6c(c5)oc5ccccc56)cc3c3ccccc23)C42c3ccccc3-c3ccccc32)c2ccc3c(c2)oc2ccccc23)cc1. The molecule has 77 heavy (non-hydrogen) atoms. The van der Waals surface area contributed by atoms with Crippen LogP contribution in [0.25, 0.3) is 98.4 Å². The Hall–Kier alpha value is -10.2. The van der Waals surface area contributed by atoms with Crippen LogP contribution in [0.3, 0.4) is 0 Å². The first-order chi connectivity index (χ1) is 38.2. The molecule has 0 amide bonds. The number of benzene rings is 13. The van der Waals surface area contributed by atoms with E-state index < -0.39 is 5.41 Å². The Morgan fingerprint density at radius 3 is 1.27 bits per heavy atom. The molecule has 2 aliphatic rings. The zero-order valence-electron chi connectivity index (χ0n) is 41.6. The van der Waals surface area contributed by atoms with Gasteiger partial charge >= 0.3 is 0 Å². The van der Waals surface area contributed by atoms with Gasteiger partial charge < -0.3 is 18.6 Å². The highest BCUT2D eigenvalue weighted by Crippen LogP contribution is 2.67. The molecule has 13 aromatic carbocycles. The second-order valence-corrected chi connectivity index (χ2v) is 20.7. The second kappa shape index (κ2) is 15.9. The molecule has 0 aliphatic heterocycles. The molecule has 15 aromatic rings. The van der Waals surface area contributed by atoms with Crippen LogP contribution in [0.5, 0.6) is 0 Å². The molecule has 0 N–H and O–H groups in total. The number of rotatable bonds is 6. The summed E-state index contributed by atoms with van der Waals surface area (Å²) in [5.74, 6) is 0. The minimum atomic E-state index is -0.639. The van der Waals surface area contributed by atoms with Crippen LogP contribution in [0.4, 0.5) is 34.1 Å². The molecule has 358 valence electrons. The summed E-state index contributed by atoms with van der Waals surface area (Å²) in [6.45, 7) is 0. The average Bonchev–Trinajstić information content (AvgIpc) is 4.15. The quantitative estimate of drug-likeness (QED) is 0.155. The fraction of sp³-hybridized carbons (Fsp3) is 0.0137. The van der Waals surface area contributed by atoms with Gasteiger partial charge in [0.05, 0.1) is 5.41 Å². The van der Waals surface area contributed by atoms with Gasteiger partial charge in [0.25, 0.3) is 0 Å². The van der Waals surface area contributed by atoms with Gasteiger partial charge in [-0.25, -0.2) is 0 Å². The highest BCUT2D eigenvalue weighted by Gasteiger charge is 2.54.